The summed E-state index contributed by atoms with van der Waals surface area (Å²) in [6.45, 7) is 5.90. The number of aryl methyl sites for hydroxylation is 1. The van der Waals surface area contributed by atoms with Crippen LogP contribution in [-0.4, -0.2) is 6.04 Å². The van der Waals surface area contributed by atoms with Gasteiger partial charge < -0.3 is 5.32 Å². The molecule has 0 radical (unpaired) electrons. The molecule has 16 heavy (non-hydrogen) atoms. The van der Waals surface area contributed by atoms with Crippen LogP contribution in [0.5, 0.6) is 0 Å². The van der Waals surface area contributed by atoms with Crippen LogP contribution >= 0.6 is 0 Å². The minimum absolute atomic E-state index is 0.126. The smallest absolute Gasteiger partial charge is 0.123 e. The number of rotatable bonds is 4. The summed E-state index contributed by atoms with van der Waals surface area (Å²) in [4.78, 5) is 0. The highest BCUT2D eigenvalue weighted by Crippen LogP contribution is 2.31. The first-order valence-corrected chi connectivity index (χ1v) is 5.86. The maximum absolute atomic E-state index is 13.0. The third-order valence-corrected chi connectivity index (χ3v) is 3.19. The molecule has 2 atom stereocenters. The van der Waals surface area contributed by atoms with Crippen LogP contribution in [0.25, 0.3) is 0 Å². The van der Waals surface area contributed by atoms with Crippen molar-refractivity contribution in [2.45, 2.75) is 38.3 Å². The van der Waals surface area contributed by atoms with Gasteiger partial charge in [0, 0.05) is 12.1 Å². The Balaban J connectivity index is 2.08. The zero-order valence-electron chi connectivity index (χ0n) is 9.67. The van der Waals surface area contributed by atoms with Gasteiger partial charge in [-0.1, -0.05) is 12.1 Å². The van der Waals surface area contributed by atoms with Crippen molar-refractivity contribution in [3.8, 4) is 0 Å². The van der Waals surface area contributed by atoms with E-state index in [2.05, 4.69) is 18.8 Å². The lowest BCUT2D eigenvalue weighted by molar-refractivity contribution is 0.455. The molecule has 0 amide bonds. The first-order chi connectivity index (χ1) is 7.70. The van der Waals surface area contributed by atoms with Crippen molar-refractivity contribution in [2.24, 2.45) is 0 Å². The van der Waals surface area contributed by atoms with E-state index >= 15 is 0 Å². The quantitative estimate of drug-likeness (QED) is 0.766. The van der Waals surface area contributed by atoms with E-state index in [0.29, 0.717) is 12.1 Å². The molecule has 1 aromatic carbocycles. The summed E-state index contributed by atoms with van der Waals surface area (Å²) >= 11 is 0. The summed E-state index contributed by atoms with van der Waals surface area (Å²) in [7, 11) is 0. The summed E-state index contributed by atoms with van der Waals surface area (Å²) in [5.74, 6) is -0.126. The van der Waals surface area contributed by atoms with Gasteiger partial charge in [-0.05, 0) is 49.4 Å². The van der Waals surface area contributed by atoms with Crippen LogP contribution in [0.1, 0.15) is 36.9 Å². The molecular formula is C14H18FN. The molecule has 86 valence electrons. The van der Waals surface area contributed by atoms with E-state index in [-0.39, 0.29) is 5.82 Å². The highest BCUT2D eigenvalue weighted by molar-refractivity contribution is 5.35. The highest BCUT2D eigenvalue weighted by atomic mass is 19.1. The monoisotopic (exact) mass is 219 g/mol. The Kier molecular flexibility index (Phi) is 3.39. The Hall–Kier alpha value is -1.15. The van der Waals surface area contributed by atoms with E-state index in [0.717, 1.165) is 24.8 Å². The lowest BCUT2D eigenvalue weighted by Gasteiger charge is -2.19. The fraction of sp³-hybridized carbons (Fsp3) is 0.429. The lowest BCUT2D eigenvalue weighted by atomic mass is 10.1. The zero-order chi connectivity index (χ0) is 11.5. The fourth-order valence-electron chi connectivity index (χ4n) is 2.42. The van der Waals surface area contributed by atoms with Gasteiger partial charge in [0.25, 0.3) is 0 Å². The molecule has 0 heterocycles. The fourth-order valence-corrected chi connectivity index (χ4v) is 2.42. The summed E-state index contributed by atoms with van der Waals surface area (Å²) in [6, 6.07) is 5.94. The van der Waals surface area contributed by atoms with E-state index in [1.54, 1.807) is 12.1 Å². The Labute approximate surface area is 96.4 Å². The highest BCUT2D eigenvalue weighted by Gasteiger charge is 2.23. The van der Waals surface area contributed by atoms with Gasteiger partial charge in [-0.15, -0.1) is 6.58 Å². The minimum atomic E-state index is -0.126. The molecule has 1 nitrogen and oxygen atoms in total. The van der Waals surface area contributed by atoms with Crippen molar-refractivity contribution in [3.63, 3.8) is 0 Å². The molecule has 0 saturated carbocycles. The van der Waals surface area contributed by atoms with Gasteiger partial charge in [0.15, 0.2) is 0 Å². The van der Waals surface area contributed by atoms with Crippen LogP contribution in [-0.2, 0) is 6.42 Å². The molecule has 0 bridgehead atoms. The van der Waals surface area contributed by atoms with Crippen LogP contribution in [0.15, 0.2) is 30.9 Å². The number of fused-ring (bicyclic) bond motifs is 1. The predicted molar refractivity (Wildman–Crippen MR) is 64.9 cm³/mol. The topological polar surface area (TPSA) is 12.0 Å². The number of nitrogens with one attached hydrogen (secondary N) is 1. The van der Waals surface area contributed by atoms with E-state index in [9.17, 15) is 4.39 Å². The van der Waals surface area contributed by atoms with Crippen molar-refractivity contribution >= 4 is 0 Å². The Bertz CT molecular complexity index is 386. The number of hydrogen-bond acceptors (Lipinski definition) is 1. The van der Waals surface area contributed by atoms with Crippen molar-refractivity contribution in [3.05, 3.63) is 47.8 Å². The van der Waals surface area contributed by atoms with E-state index in [1.807, 2.05) is 12.1 Å². The third-order valence-electron chi connectivity index (χ3n) is 3.19. The Morgan fingerprint density at radius 1 is 1.62 bits per heavy atom. The second kappa shape index (κ2) is 4.79. The Morgan fingerprint density at radius 2 is 2.44 bits per heavy atom. The van der Waals surface area contributed by atoms with E-state index < -0.39 is 0 Å². The molecular weight excluding hydrogens is 201 g/mol. The molecule has 1 aliphatic carbocycles. The van der Waals surface area contributed by atoms with Crippen LogP contribution in [0.2, 0.25) is 0 Å². The standard InChI is InChI=1S/C14H18FN/c1-3-4-10(2)16-14-8-5-11-9-12(15)6-7-13(11)14/h3,6-7,9-10,14,16H,1,4-5,8H2,2H3. The van der Waals surface area contributed by atoms with Crippen molar-refractivity contribution < 1.29 is 4.39 Å². The number of hydrogen-bond donors (Lipinski definition) is 1. The molecule has 2 rings (SSSR count). The van der Waals surface area contributed by atoms with Gasteiger partial charge in [-0.2, -0.15) is 0 Å². The van der Waals surface area contributed by atoms with Crippen LogP contribution in [0, 0.1) is 5.82 Å². The van der Waals surface area contributed by atoms with Crippen LogP contribution in [0.3, 0.4) is 0 Å². The van der Waals surface area contributed by atoms with Crippen molar-refractivity contribution in [2.75, 3.05) is 0 Å². The second-order valence-electron chi connectivity index (χ2n) is 4.53. The average molecular weight is 219 g/mol. The number of halogens is 1. The molecule has 2 heteroatoms. The van der Waals surface area contributed by atoms with Crippen LogP contribution < -0.4 is 5.32 Å². The molecule has 1 aliphatic rings. The van der Waals surface area contributed by atoms with E-state index in [1.165, 1.54) is 5.56 Å². The molecule has 0 spiro atoms. The molecule has 1 aromatic rings. The predicted octanol–water partition coefficient (Wildman–Crippen LogP) is 3.37. The van der Waals surface area contributed by atoms with Crippen molar-refractivity contribution in [1.82, 2.24) is 5.32 Å². The lowest BCUT2D eigenvalue weighted by Crippen LogP contribution is -2.28. The first kappa shape index (κ1) is 11.3. The molecule has 0 saturated heterocycles. The molecule has 1 N–H and O–H groups in total. The SMILES string of the molecule is C=CCC(C)NC1CCc2cc(F)ccc21. The minimum Gasteiger partial charge on any atom is -0.307 e. The van der Waals surface area contributed by atoms with Gasteiger partial charge in [0.05, 0.1) is 0 Å². The van der Waals surface area contributed by atoms with Crippen molar-refractivity contribution in [1.29, 1.82) is 0 Å². The average Bonchev–Trinajstić information content (AvgIpc) is 2.61. The first-order valence-electron chi connectivity index (χ1n) is 5.86. The summed E-state index contributed by atoms with van der Waals surface area (Å²) in [6.07, 6.45) is 4.94. The summed E-state index contributed by atoms with van der Waals surface area (Å²) < 4.78 is 13.0. The largest absolute Gasteiger partial charge is 0.307 e. The molecule has 0 fully saturated rings. The normalized spacial score (nSPS) is 20.5. The third kappa shape index (κ3) is 2.33. The van der Waals surface area contributed by atoms with Gasteiger partial charge in [0.2, 0.25) is 0 Å². The Morgan fingerprint density at radius 3 is 3.19 bits per heavy atom. The summed E-state index contributed by atoms with van der Waals surface area (Å²) in [5, 5.41) is 3.56. The van der Waals surface area contributed by atoms with E-state index in [4.69, 9.17) is 0 Å². The maximum Gasteiger partial charge on any atom is 0.123 e. The maximum atomic E-state index is 13.0. The van der Waals surface area contributed by atoms with Gasteiger partial charge >= 0.3 is 0 Å². The van der Waals surface area contributed by atoms with Crippen LogP contribution in [0.4, 0.5) is 4.39 Å². The molecule has 0 aliphatic heterocycles. The van der Waals surface area contributed by atoms with Gasteiger partial charge in [-0.25, -0.2) is 4.39 Å². The number of benzene rings is 1. The zero-order valence-corrected chi connectivity index (χ0v) is 9.67. The molecule has 2 unspecified atom stereocenters. The van der Waals surface area contributed by atoms with Gasteiger partial charge in [-0.3, -0.25) is 0 Å². The van der Waals surface area contributed by atoms with Gasteiger partial charge in [0.1, 0.15) is 5.82 Å². The molecule has 0 aromatic heterocycles. The second-order valence-corrected chi connectivity index (χ2v) is 4.53. The summed E-state index contributed by atoms with van der Waals surface area (Å²) in [5.41, 5.74) is 2.42.